The van der Waals surface area contributed by atoms with Crippen LogP contribution in [0.2, 0.25) is 0 Å². The van der Waals surface area contributed by atoms with Gasteiger partial charge in [-0.1, -0.05) is 132 Å². The maximum Gasteiger partial charge on any atom is 0.408 e. The molecule has 0 aliphatic carbocycles. The van der Waals surface area contributed by atoms with Crippen LogP contribution in [0.15, 0.2) is 107 Å². The van der Waals surface area contributed by atoms with Crippen molar-refractivity contribution in [1.82, 2.24) is 51.7 Å². The number of nitrogens with one attached hydrogen (secondary N) is 8. The highest BCUT2D eigenvalue weighted by Crippen LogP contribution is 2.25. The lowest BCUT2D eigenvalue weighted by molar-refractivity contribution is -0.149. The Balaban J connectivity index is 1.16. The predicted octanol–water partition coefficient (Wildman–Crippen LogP) is 2.98. The van der Waals surface area contributed by atoms with Crippen LogP contribution in [0.3, 0.4) is 0 Å². The van der Waals surface area contributed by atoms with Gasteiger partial charge in [-0.2, -0.15) is 0 Å². The van der Waals surface area contributed by atoms with Gasteiger partial charge in [0.15, 0.2) is 0 Å². The number of esters is 1. The van der Waals surface area contributed by atoms with E-state index in [1.54, 1.807) is 140 Å². The van der Waals surface area contributed by atoms with Gasteiger partial charge in [-0.15, -0.1) is 0 Å². The maximum absolute atomic E-state index is 14.8. The van der Waals surface area contributed by atoms with E-state index in [1.807, 2.05) is 6.92 Å². The molecule has 2 aliphatic heterocycles. The molecule has 0 spiro atoms. The number of alkyl carbamates (subject to hydrolysis) is 1. The predicted molar refractivity (Wildman–Crippen MR) is 382 cm³/mol. The molecule has 9 amide bonds. The summed E-state index contributed by atoms with van der Waals surface area (Å²) in [5.41, 5.74) is 9.86. The van der Waals surface area contributed by atoms with Gasteiger partial charge in [-0.25, -0.2) is 22.7 Å². The zero-order valence-corrected chi connectivity index (χ0v) is 61.1. The number of aliphatic hydroxyl groups is 2. The molecule has 0 bridgehead atoms. The van der Waals surface area contributed by atoms with Crippen molar-refractivity contribution in [2.75, 3.05) is 26.2 Å². The number of hydrogen-bond donors (Lipinski definition) is 12. The quantitative estimate of drug-likeness (QED) is 0.0136. The van der Waals surface area contributed by atoms with E-state index in [1.165, 1.54) is 28.9 Å². The Kier molecular flexibility index (Phi) is 31.2. The summed E-state index contributed by atoms with van der Waals surface area (Å²) in [6.07, 6.45) is -1.74. The molecule has 2 saturated heterocycles. The van der Waals surface area contributed by atoms with Gasteiger partial charge in [0.25, 0.3) is 10.0 Å². The van der Waals surface area contributed by atoms with E-state index in [0.29, 0.717) is 40.7 Å². The number of carbonyl (C=O) groups excluding carboxylic acids is 10. The lowest BCUT2D eigenvalue weighted by atomic mass is 9.99. The zero-order valence-electron chi connectivity index (χ0n) is 60.2. The molecule has 2 fully saturated rings. The molecule has 2 aliphatic rings. The van der Waals surface area contributed by atoms with Crippen LogP contribution in [0, 0.1) is 38.5 Å². The van der Waals surface area contributed by atoms with E-state index in [2.05, 4.69) is 46.9 Å². The lowest BCUT2D eigenvalue weighted by Gasteiger charge is -2.32. The minimum Gasteiger partial charge on any atom is -0.508 e. The Hall–Kier alpha value is -9.68. The number of aryl methyl sites for hydroxylation is 3. The van der Waals surface area contributed by atoms with Crippen molar-refractivity contribution in [3.05, 3.63) is 130 Å². The highest BCUT2D eigenvalue weighted by molar-refractivity contribution is 7.90. The number of nitrogens with zero attached hydrogens (tertiary/aromatic N) is 3. The van der Waals surface area contributed by atoms with Crippen LogP contribution in [-0.4, -0.2) is 186 Å². The normalized spacial score (nSPS) is 17.0. The summed E-state index contributed by atoms with van der Waals surface area (Å²) in [6, 6.07) is 14.7. The molecule has 13 N–H and O–H groups in total. The number of carbonyl (C=O) groups is 10. The largest absolute Gasteiger partial charge is 0.508 e. The van der Waals surface area contributed by atoms with Gasteiger partial charge in [0.05, 0.1) is 17.6 Å². The van der Waals surface area contributed by atoms with Crippen LogP contribution in [0.4, 0.5) is 4.79 Å². The minimum absolute atomic E-state index is 0.00972. The number of hydrogen-bond acceptors (Lipinski definition) is 18. The Morgan fingerprint density at radius 1 is 0.583 bits per heavy atom. The number of sulfonamides is 1. The Bertz CT molecular complexity index is 3710. The van der Waals surface area contributed by atoms with Gasteiger partial charge in [0.1, 0.15) is 73.3 Å². The first-order valence-corrected chi connectivity index (χ1v) is 36.3. The number of benzene rings is 4. The van der Waals surface area contributed by atoms with E-state index < -0.39 is 148 Å². The third-order valence-corrected chi connectivity index (χ3v) is 19.2. The summed E-state index contributed by atoms with van der Waals surface area (Å²) < 4.78 is 40.3. The van der Waals surface area contributed by atoms with Crippen molar-refractivity contribution in [3.8, 4) is 5.75 Å². The number of phenolic OH excluding ortho intramolecular Hbond substituents is 1. The Morgan fingerprint density at radius 2 is 1.08 bits per heavy atom. The third kappa shape index (κ3) is 24.8. The second-order valence-electron chi connectivity index (χ2n) is 27.5. The highest BCUT2D eigenvalue weighted by Gasteiger charge is 2.43. The molecular formula is C73H102N12O17S. The SMILES string of the molecule is Cc1cc(C)c(S(=O)(=O)NC(N)=NCCC[C@H](NC(=O)[C@H](CC(C)C)NC(=O)[C@@H]2CCCN2C(=O)[C@H](CC(C)C)NC(=O)[C@@H](NC(=O)[C@@H](NC(=O)[C@@H]2CCCN2C(=O)[C@H](CO)NC(=O)OCc2ccccc2)C(C)C)[C@@H](C)O)C(=O)N[C@@H](Cc2ccc(O)cc2)C(=O)OCc2ccccc2)c(C)c1. The first kappa shape index (κ1) is 82.3. The van der Waals surface area contributed by atoms with Gasteiger partial charge in [-0.05, 0) is 137 Å². The minimum atomic E-state index is -4.19. The number of likely N-dealkylation sites (tertiary alicyclic amines) is 2. The van der Waals surface area contributed by atoms with Gasteiger partial charge in [-0.3, -0.25) is 43.3 Å². The second kappa shape index (κ2) is 39.1. The number of aromatic hydroxyl groups is 1. The lowest BCUT2D eigenvalue weighted by Crippen LogP contribution is -2.62. The number of nitrogens with two attached hydrogens (primary N) is 1. The fraction of sp³-hybridized carbons (Fsp3) is 0.521. The second-order valence-corrected chi connectivity index (χ2v) is 29.1. The number of ether oxygens (including phenoxy) is 2. The fourth-order valence-corrected chi connectivity index (χ4v) is 13.9. The Labute approximate surface area is 602 Å². The fourth-order valence-electron chi connectivity index (χ4n) is 12.5. The number of rotatable bonds is 35. The van der Waals surface area contributed by atoms with Crippen molar-refractivity contribution in [2.45, 2.75) is 206 Å². The van der Waals surface area contributed by atoms with Crippen molar-refractivity contribution >= 4 is 75.3 Å². The number of guanidine groups is 1. The van der Waals surface area contributed by atoms with Crippen LogP contribution in [0.5, 0.6) is 5.75 Å². The molecule has 0 unspecified atom stereocenters. The summed E-state index contributed by atoms with van der Waals surface area (Å²) in [5.74, 6) is -8.85. The van der Waals surface area contributed by atoms with E-state index in [4.69, 9.17) is 15.2 Å². The molecule has 0 saturated carbocycles. The zero-order chi connectivity index (χ0) is 75.8. The topological polar surface area (TPSA) is 425 Å². The van der Waals surface area contributed by atoms with Gasteiger partial charge < -0.3 is 77.5 Å². The molecule has 103 heavy (non-hydrogen) atoms. The summed E-state index contributed by atoms with van der Waals surface area (Å²) in [7, 11) is -4.19. The number of phenols is 1. The molecule has 30 heteroatoms. The van der Waals surface area contributed by atoms with Crippen molar-refractivity contribution in [2.24, 2.45) is 28.5 Å². The molecule has 562 valence electrons. The van der Waals surface area contributed by atoms with E-state index in [-0.39, 0.29) is 100 Å². The van der Waals surface area contributed by atoms with Gasteiger partial charge >= 0.3 is 12.1 Å². The van der Waals surface area contributed by atoms with Crippen LogP contribution < -0.4 is 47.7 Å². The van der Waals surface area contributed by atoms with Crippen LogP contribution >= 0.6 is 0 Å². The molecule has 29 nitrogen and oxygen atoms in total. The smallest absolute Gasteiger partial charge is 0.408 e. The molecular weight excluding hydrogens is 1350 g/mol. The van der Waals surface area contributed by atoms with Crippen LogP contribution in [0.1, 0.15) is 133 Å². The molecule has 6 rings (SSSR count). The number of amides is 9. The first-order valence-electron chi connectivity index (χ1n) is 34.9. The Morgan fingerprint density at radius 3 is 1.61 bits per heavy atom. The average molecular weight is 1450 g/mol. The van der Waals surface area contributed by atoms with E-state index in [9.17, 15) is 71.7 Å². The standard InChI is InChI=1S/C73H102N12O17S/c1-42(2)34-54(64(90)76-53(24-17-31-75-72(74)83-103(99,100)62-46(8)36-45(7)37-47(62)9)63(89)79-56(38-49-27-29-52(88)30-28-49)71(97)101-40-50-20-13-11-14-21-50)77-65(91)58-25-18-32-84(58)69(95)55(35-43(3)4)78-68(94)61(48(10)87)82-67(93)60(44(5)6)81-66(92)59-26-19-33-85(59)70(96)57(39-86)80-73(98)102-41-51-22-15-12-16-23-51/h11-16,20-23,27-30,36-37,42-44,48,53-61,86-88H,17-19,24-26,31-35,38-41H2,1-10H3,(H,76,90)(H,77,91)(H,78,94)(H,79,89)(H,80,98)(H,81,92)(H,82,93)(H3,74,75,83)/t48-,53+,54+,55+,56+,57+,58+,59+,60+,61+/m1/s1. The van der Waals surface area contributed by atoms with Crippen LogP contribution in [-0.2, 0) is 82.3 Å². The molecule has 0 radical (unpaired) electrons. The summed E-state index contributed by atoms with van der Waals surface area (Å²) >= 11 is 0. The average Bonchev–Trinajstić information content (AvgIpc) is 1.07. The monoisotopic (exact) mass is 1450 g/mol. The van der Waals surface area contributed by atoms with Crippen molar-refractivity contribution in [3.63, 3.8) is 0 Å². The van der Waals surface area contributed by atoms with Gasteiger partial charge in [0, 0.05) is 26.1 Å². The van der Waals surface area contributed by atoms with Crippen LogP contribution in [0.25, 0.3) is 0 Å². The van der Waals surface area contributed by atoms with Crippen molar-refractivity contribution in [1.29, 1.82) is 0 Å². The summed E-state index contributed by atoms with van der Waals surface area (Å²) in [6.45, 7) is 15.7. The van der Waals surface area contributed by atoms with Gasteiger partial charge in [0.2, 0.25) is 53.2 Å². The van der Waals surface area contributed by atoms with E-state index >= 15 is 0 Å². The molecule has 10 atom stereocenters. The third-order valence-electron chi connectivity index (χ3n) is 17.5. The molecule has 4 aromatic carbocycles. The molecule has 2 heterocycles. The van der Waals surface area contributed by atoms with Crippen molar-refractivity contribution < 1.29 is 81.2 Å². The molecule has 0 aromatic heterocycles. The number of aliphatic imine (C=N–C) groups is 1. The maximum atomic E-state index is 14.8. The summed E-state index contributed by atoms with van der Waals surface area (Å²) in [5, 5.41) is 49.8. The molecule has 4 aromatic rings. The van der Waals surface area contributed by atoms with E-state index in [0.717, 1.165) is 5.56 Å². The number of aliphatic hydroxyl groups excluding tert-OH is 2. The first-order chi connectivity index (χ1) is 48.8. The summed E-state index contributed by atoms with van der Waals surface area (Å²) in [4.78, 5) is 149. The highest BCUT2D eigenvalue weighted by atomic mass is 32.2.